The number of benzene rings is 1. The van der Waals surface area contributed by atoms with E-state index in [1.165, 1.54) is 0 Å². The fourth-order valence-corrected chi connectivity index (χ4v) is 3.66. The van der Waals surface area contributed by atoms with Gasteiger partial charge < -0.3 is 14.0 Å². The topological polar surface area (TPSA) is 53.4 Å². The smallest absolute Gasteiger partial charge is 0.251 e. The lowest BCUT2D eigenvalue weighted by molar-refractivity contribution is -0.277. The SMILES string of the molecule is CCC1(c2ccn(Cc3cc4ccccc4nc3Cl)c(=O)c2)OCCCO1. The lowest BCUT2D eigenvalue weighted by Crippen LogP contribution is -2.38. The molecule has 27 heavy (non-hydrogen) atoms. The third-order valence-corrected chi connectivity index (χ3v) is 5.28. The highest BCUT2D eigenvalue weighted by molar-refractivity contribution is 6.30. The normalized spacial score (nSPS) is 16.5. The van der Waals surface area contributed by atoms with Crippen molar-refractivity contribution in [2.45, 2.75) is 32.1 Å². The van der Waals surface area contributed by atoms with Crippen LogP contribution in [0, 0.1) is 0 Å². The molecule has 140 valence electrons. The van der Waals surface area contributed by atoms with Crippen molar-refractivity contribution < 1.29 is 9.47 Å². The summed E-state index contributed by atoms with van der Waals surface area (Å²) >= 11 is 6.34. The lowest BCUT2D eigenvalue weighted by Gasteiger charge is -2.36. The number of ether oxygens (including phenoxy) is 2. The molecule has 1 aliphatic heterocycles. The monoisotopic (exact) mass is 384 g/mol. The summed E-state index contributed by atoms with van der Waals surface area (Å²) in [6, 6.07) is 13.2. The van der Waals surface area contributed by atoms with Gasteiger partial charge in [-0.3, -0.25) is 4.79 Å². The number of hydrogen-bond donors (Lipinski definition) is 0. The molecule has 3 heterocycles. The van der Waals surface area contributed by atoms with Crippen LogP contribution >= 0.6 is 11.6 Å². The Morgan fingerprint density at radius 2 is 1.96 bits per heavy atom. The number of nitrogens with zero attached hydrogens (tertiary/aromatic N) is 2. The summed E-state index contributed by atoms with van der Waals surface area (Å²) in [5.74, 6) is -0.821. The summed E-state index contributed by atoms with van der Waals surface area (Å²) in [5, 5.41) is 1.41. The molecule has 0 radical (unpaired) electrons. The first-order valence-corrected chi connectivity index (χ1v) is 9.52. The number of rotatable bonds is 4. The van der Waals surface area contributed by atoms with E-state index in [0.29, 0.717) is 31.3 Å². The van der Waals surface area contributed by atoms with Gasteiger partial charge in [0.2, 0.25) is 0 Å². The number of aromatic nitrogens is 2. The Morgan fingerprint density at radius 1 is 1.19 bits per heavy atom. The van der Waals surface area contributed by atoms with E-state index in [-0.39, 0.29) is 5.56 Å². The van der Waals surface area contributed by atoms with E-state index in [9.17, 15) is 4.79 Å². The Balaban J connectivity index is 1.66. The van der Waals surface area contributed by atoms with E-state index < -0.39 is 5.79 Å². The zero-order valence-corrected chi connectivity index (χ0v) is 15.9. The molecular weight excluding hydrogens is 364 g/mol. The average Bonchev–Trinajstić information content (AvgIpc) is 2.70. The predicted octanol–water partition coefficient (Wildman–Crippen LogP) is 4.10. The summed E-state index contributed by atoms with van der Waals surface area (Å²) < 4.78 is 13.4. The fraction of sp³-hybridized carbons (Fsp3) is 0.333. The Morgan fingerprint density at radius 3 is 2.70 bits per heavy atom. The molecule has 0 atom stereocenters. The maximum absolute atomic E-state index is 12.7. The Kier molecular flexibility index (Phi) is 5.00. The van der Waals surface area contributed by atoms with Crippen LogP contribution in [-0.4, -0.2) is 22.8 Å². The van der Waals surface area contributed by atoms with Gasteiger partial charge in [0.1, 0.15) is 5.15 Å². The first-order valence-electron chi connectivity index (χ1n) is 9.14. The van der Waals surface area contributed by atoms with Gasteiger partial charge in [0, 0.05) is 35.2 Å². The van der Waals surface area contributed by atoms with Gasteiger partial charge in [-0.15, -0.1) is 0 Å². The van der Waals surface area contributed by atoms with Crippen LogP contribution in [0.4, 0.5) is 0 Å². The van der Waals surface area contributed by atoms with Crippen molar-refractivity contribution in [1.29, 1.82) is 0 Å². The second-order valence-electron chi connectivity index (χ2n) is 6.67. The van der Waals surface area contributed by atoms with Crippen LogP contribution in [0.2, 0.25) is 5.15 Å². The molecule has 0 bridgehead atoms. The molecule has 0 amide bonds. The van der Waals surface area contributed by atoms with Crippen LogP contribution < -0.4 is 5.56 Å². The summed E-state index contributed by atoms with van der Waals surface area (Å²) in [5.41, 5.74) is 2.28. The van der Waals surface area contributed by atoms with E-state index in [2.05, 4.69) is 4.98 Å². The van der Waals surface area contributed by atoms with Gasteiger partial charge >= 0.3 is 0 Å². The van der Waals surface area contributed by atoms with E-state index in [4.69, 9.17) is 21.1 Å². The Labute approximate surface area is 162 Å². The van der Waals surface area contributed by atoms with E-state index in [1.54, 1.807) is 16.8 Å². The minimum absolute atomic E-state index is 0.123. The molecule has 1 fully saturated rings. The maximum Gasteiger partial charge on any atom is 0.251 e. The van der Waals surface area contributed by atoms with Gasteiger partial charge in [-0.05, 0) is 24.6 Å². The van der Waals surface area contributed by atoms with Crippen molar-refractivity contribution in [3.63, 3.8) is 0 Å². The minimum Gasteiger partial charge on any atom is -0.346 e. The molecule has 0 saturated carbocycles. The molecule has 2 aromatic heterocycles. The molecule has 0 unspecified atom stereocenters. The zero-order valence-electron chi connectivity index (χ0n) is 15.2. The van der Waals surface area contributed by atoms with Crippen molar-refractivity contribution in [2.24, 2.45) is 0 Å². The molecule has 6 heteroatoms. The van der Waals surface area contributed by atoms with Gasteiger partial charge in [-0.2, -0.15) is 0 Å². The fourth-order valence-electron chi connectivity index (χ4n) is 3.46. The van der Waals surface area contributed by atoms with Crippen LogP contribution in [0.3, 0.4) is 0 Å². The number of pyridine rings is 2. The third-order valence-electron chi connectivity index (χ3n) is 4.95. The third kappa shape index (κ3) is 3.50. The zero-order chi connectivity index (χ0) is 18.9. The number of para-hydroxylation sites is 1. The first kappa shape index (κ1) is 18.2. The van der Waals surface area contributed by atoms with Gasteiger partial charge in [0.05, 0.1) is 25.3 Å². The summed E-state index contributed by atoms with van der Waals surface area (Å²) in [6.45, 7) is 3.62. The molecular formula is C21H21ClN2O3. The number of hydrogen-bond acceptors (Lipinski definition) is 4. The van der Waals surface area contributed by atoms with Crippen molar-refractivity contribution in [3.8, 4) is 0 Å². The molecule has 1 aliphatic rings. The standard InChI is InChI=1S/C21H21ClN2O3/c1-2-21(26-10-5-11-27-21)17-8-9-24(19(25)13-17)14-16-12-15-6-3-4-7-18(15)23-20(16)22/h3-4,6-9,12-13H,2,5,10-11,14H2,1H3. The largest absolute Gasteiger partial charge is 0.346 e. The molecule has 1 saturated heterocycles. The van der Waals surface area contributed by atoms with Crippen LogP contribution in [0.25, 0.3) is 10.9 Å². The number of halogens is 1. The number of fused-ring (bicyclic) bond motifs is 1. The van der Waals surface area contributed by atoms with Crippen LogP contribution in [0.5, 0.6) is 0 Å². The van der Waals surface area contributed by atoms with Gasteiger partial charge in [0.15, 0.2) is 5.79 Å². The van der Waals surface area contributed by atoms with Crippen LogP contribution in [0.15, 0.2) is 53.5 Å². The highest BCUT2D eigenvalue weighted by Gasteiger charge is 2.35. The van der Waals surface area contributed by atoms with Gasteiger partial charge in [0.25, 0.3) is 5.56 Å². The summed E-state index contributed by atoms with van der Waals surface area (Å²) in [4.78, 5) is 17.1. The Hall–Kier alpha value is -2.21. The van der Waals surface area contributed by atoms with Gasteiger partial charge in [-0.1, -0.05) is 36.7 Å². The van der Waals surface area contributed by atoms with Crippen LogP contribution in [0.1, 0.15) is 30.9 Å². The molecule has 5 nitrogen and oxygen atoms in total. The molecule has 3 aromatic rings. The second kappa shape index (κ2) is 7.43. The maximum atomic E-state index is 12.7. The van der Waals surface area contributed by atoms with E-state index in [0.717, 1.165) is 28.5 Å². The second-order valence-corrected chi connectivity index (χ2v) is 7.03. The van der Waals surface area contributed by atoms with Gasteiger partial charge in [-0.25, -0.2) is 4.98 Å². The molecule has 0 aliphatic carbocycles. The molecule has 4 rings (SSSR count). The average molecular weight is 385 g/mol. The highest BCUT2D eigenvalue weighted by Crippen LogP contribution is 2.33. The predicted molar refractivity (Wildman–Crippen MR) is 105 cm³/mol. The Bertz CT molecular complexity index is 1030. The summed E-state index contributed by atoms with van der Waals surface area (Å²) in [6.07, 6.45) is 3.28. The van der Waals surface area contributed by atoms with Crippen LogP contribution in [-0.2, 0) is 21.8 Å². The van der Waals surface area contributed by atoms with Crippen molar-refractivity contribution >= 4 is 22.5 Å². The molecule has 1 aromatic carbocycles. The minimum atomic E-state index is -0.821. The van der Waals surface area contributed by atoms with Crippen molar-refractivity contribution in [1.82, 2.24) is 9.55 Å². The first-order chi connectivity index (χ1) is 13.1. The lowest BCUT2D eigenvalue weighted by atomic mass is 10.0. The van der Waals surface area contributed by atoms with Crippen molar-refractivity contribution in [3.05, 3.63) is 75.3 Å². The highest BCUT2D eigenvalue weighted by atomic mass is 35.5. The van der Waals surface area contributed by atoms with Crippen molar-refractivity contribution in [2.75, 3.05) is 13.2 Å². The molecule has 0 spiro atoms. The quantitative estimate of drug-likeness (QED) is 0.635. The summed E-state index contributed by atoms with van der Waals surface area (Å²) in [7, 11) is 0. The van der Waals surface area contributed by atoms with E-state index in [1.807, 2.05) is 43.3 Å². The van der Waals surface area contributed by atoms with E-state index >= 15 is 0 Å². The molecule has 0 N–H and O–H groups in total.